The highest BCUT2D eigenvalue weighted by Crippen LogP contribution is 2.19. The van der Waals surface area contributed by atoms with E-state index in [0.717, 1.165) is 11.3 Å². The van der Waals surface area contributed by atoms with Gasteiger partial charge in [-0.25, -0.2) is 0 Å². The first kappa shape index (κ1) is 28.2. The normalized spacial score (nSPS) is 13.2. The maximum Gasteiger partial charge on any atom is 0.251 e. The molecule has 3 aromatic rings. The molecule has 0 atom stereocenters. The van der Waals surface area contributed by atoms with Crippen LogP contribution in [0.1, 0.15) is 15.9 Å². The van der Waals surface area contributed by atoms with Crippen LogP contribution in [-0.4, -0.2) is 86.7 Å². The topological polar surface area (TPSA) is 149 Å². The molecule has 1 aliphatic rings. The lowest BCUT2D eigenvalue weighted by molar-refractivity contribution is 0.0511. The number of hydrogen-bond donors (Lipinski definition) is 4. The van der Waals surface area contributed by atoms with Crippen molar-refractivity contribution in [2.45, 2.75) is 6.54 Å². The Balaban J connectivity index is 1.33. The summed E-state index contributed by atoms with van der Waals surface area (Å²) in [5, 5.41) is 9.38. The highest BCUT2D eigenvalue weighted by atomic mass is 16.5. The van der Waals surface area contributed by atoms with Crippen LogP contribution < -0.4 is 26.6 Å². The highest BCUT2D eigenvalue weighted by molar-refractivity contribution is 5.94. The number of carbonyl (C=O) groups is 1. The largest absolute Gasteiger partial charge is 0.378 e. The number of nitrogens with one attached hydrogen (secondary N) is 3. The van der Waals surface area contributed by atoms with Crippen LogP contribution in [0, 0.1) is 0 Å². The van der Waals surface area contributed by atoms with Gasteiger partial charge in [-0.3, -0.25) is 4.79 Å². The molecule has 1 aliphatic heterocycles. The molecule has 208 valence electrons. The maximum absolute atomic E-state index is 12.5. The molecule has 12 heteroatoms. The maximum atomic E-state index is 12.5. The van der Waals surface area contributed by atoms with E-state index in [0.29, 0.717) is 95.8 Å². The number of rotatable bonds is 15. The minimum atomic E-state index is -0.174. The van der Waals surface area contributed by atoms with Gasteiger partial charge in [-0.1, -0.05) is 30.3 Å². The first-order valence-corrected chi connectivity index (χ1v) is 13.1. The van der Waals surface area contributed by atoms with Crippen LogP contribution in [0.2, 0.25) is 0 Å². The van der Waals surface area contributed by atoms with Gasteiger partial charge in [-0.15, -0.1) is 0 Å². The quantitative estimate of drug-likeness (QED) is 0.211. The van der Waals surface area contributed by atoms with Gasteiger partial charge in [0.25, 0.3) is 5.91 Å². The number of aromatic nitrogens is 3. The average Bonchev–Trinajstić information content (AvgIpc) is 2.98. The molecule has 2 heterocycles. The number of nitrogens with two attached hydrogens (primary N) is 1. The lowest BCUT2D eigenvalue weighted by Crippen LogP contribution is -2.37. The van der Waals surface area contributed by atoms with Crippen molar-refractivity contribution < 1.29 is 19.0 Å². The molecule has 0 saturated carbocycles. The molecular formula is C27H36N8O4. The van der Waals surface area contributed by atoms with E-state index in [4.69, 9.17) is 19.9 Å². The van der Waals surface area contributed by atoms with Crippen LogP contribution >= 0.6 is 0 Å². The molecule has 0 bridgehead atoms. The van der Waals surface area contributed by atoms with Gasteiger partial charge in [0.05, 0.1) is 39.6 Å². The fourth-order valence-corrected chi connectivity index (χ4v) is 3.76. The summed E-state index contributed by atoms with van der Waals surface area (Å²) in [6.45, 7) is 6.01. The van der Waals surface area contributed by atoms with Gasteiger partial charge in [0.2, 0.25) is 17.8 Å². The van der Waals surface area contributed by atoms with E-state index in [9.17, 15) is 4.79 Å². The van der Waals surface area contributed by atoms with E-state index in [2.05, 4.69) is 35.8 Å². The summed E-state index contributed by atoms with van der Waals surface area (Å²) in [6.07, 6.45) is 0. The predicted molar refractivity (Wildman–Crippen MR) is 149 cm³/mol. The van der Waals surface area contributed by atoms with E-state index in [1.54, 1.807) is 12.1 Å². The molecule has 1 fully saturated rings. The van der Waals surface area contributed by atoms with Crippen molar-refractivity contribution in [2.75, 3.05) is 81.4 Å². The van der Waals surface area contributed by atoms with Gasteiger partial charge >= 0.3 is 0 Å². The van der Waals surface area contributed by atoms with Crippen LogP contribution in [0.3, 0.4) is 0 Å². The Morgan fingerprint density at radius 1 is 0.897 bits per heavy atom. The second-order valence-corrected chi connectivity index (χ2v) is 8.69. The average molecular weight is 537 g/mol. The molecule has 0 spiro atoms. The first-order valence-electron chi connectivity index (χ1n) is 13.1. The Labute approximate surface area is 228 Å². The SMILES string of the molecule is NCCOCCOCCNC(=O)c1ccc(Nc2nc(NCc3ccccc3)nc(N3CCOCC3)n2)cc1. The highest BCUT2D eigenvalue weighted by Gasteiger charge is 2.17. The molecule has 1 saturated heterocycles. The van der Waals surface area contributed by atoms with Gasteiger partial charge in [0.1, 0.15) is 0 Å². The lowest BCUT2D eigenvalue weighted by Gasteiger charge is -2.27. The summed E-state index contributed by atoms with van der Waals surface area (Å²) < 4.78 is 16.1. The van der Waals surface area contributed by atoms with E-state index in [1.807, 2.05) is 42.5 Å². The van der Waals surface area contributed by atoms with Crippen LogP contribution in [0.15, 0.2) is 54.6 Å². The summed E-state index contributed by atoms with van der Waals surface area (Å²) in [6, 6.07) is 17.2. The standard InChI is InChI=1S/C27H36N8O4/c28-10-14-37-18-19-38-15-11-29-24(36)22-6-8-23(9-7-22)31-26-32-25(30-20-21-4-2-1-3-5-21)33-27(34-26)35-12-16-39-17-13-35/h1-9H,10-20,28H2,(H,29,36)(H2,30,31,32,33,34). The fourth-order valence-electron chi connectivity index (χ4n) is 3.76. The summed E-state index contributed by atoms with van der Waals surface area (Å²) in [7, 11) is 0. The summed E-state index contributed by atoms with van der Waals surface area (Å²) in [5.41, 5.74) is 7.78. The number of hydrogen-bond acceptors (Lipinski definition) is 11. The lowest BCUT2D eigenvalue weighted by atomic mass is 10.2. The third kappa shape index (κ3) is 9.45. The van der Waals surface area contributed by atoms with Gasteiger partial charge < -0.3 is 40.8 Å². The zero-order valence-electron chi connectivity index (χ0n) is 22.0. The predicted octanol–water partition coefficient (Wildman–Crippen LogP) is 1.79. The van der Waals surface area contributed by atoms with Gasteiger partial charge in [0.15, 0.2) is 0 Å². The molecule has 39 heavy (non-hydrogen) atoms. The molecule has 2 aromatic carbocycles. The van der Waals surface area contributed by atoms with Crippen molar-refractivity contribution in [3.05, 3.63) is 65.7 Å². The van der Waals surface area contributed by atoms with Crippen molar-refractivity contribution >= 4 is 29.4 Å². The van der Waals surface area contributed by atoms with Gasteiger partial charge in [-0.2, -0.15) is 15.0 Å². The molecule has 1 aromatic heterocycles. The molecule has 5 N–H and O–H groups in total. The Morgan fingerprint density at radius 2 is 1.62 bits per heavy atom. The zero-order chi connectivity index (χ0) is 27.1. The Kier molecular flexibility index (Phi) is 11.2. The molecule has 12 nitrogen and oxygen atoms in total. The second-order valence-electron chi connectivity index (χ2n) is 8.69. The van der Waals surface area contributed by atoms with E-state index >= 15 is 0 Å². The third-order valence-electron chi connectivity index (χ3n) is 5.78. The van der Waals surface area contributed by atoms with Crippen LogP contribution in [0.25, 0.3) is 0 Å². The van der Waals surface area contributed by atoms with Gasteiger partial charge in [-0.05, 0) is 29.8 Å². The summed E-state index contributed by atoms with van der Waals surface area (Å²) in [5.74, 6) is 1.29. The smallest absolute Gasteiger partial charge is 0.251 e. The van der Waals surface area contributed by atoms with E-state index in [-0.39, 0.29) is 5.91 Å². The number of anilines is 4. The molecule has 0 aliphatic carbocycles. The minimum Gasteiger partial charge on any atom is -0.378 e. The monoisotopic (exact) mass is 536 g/mol. The molecule has 0 radical (unpaired) electrons. The summed E-state index contributed by atoms with van der Waals surface area (Å²) in [4.78, 5) is 28.4. The van der Waals surface area contributed by atoms with E-state index < -0.39 is 0 Å². The summed E-state index contributed by atoms with van der Waals surface area (Å²) >= 11 is 0. The molecule has 1 amide bonds. The van der Waals surface area contributed by atoms with E-state index in [1.165, 1.54) is 0 Å². The van der Waals surface area contributed by atoms with Crippen LogP contribution in [-0.2, 0) is 20.8 Å². The van der Waals surface area contributed by atoms with Crippen molar-refractivity contribution in [1.29, 1.82) is 0 Å². The second kappa shape index (κ2) is 15.5. The number of carbonyl (C=O) groups excluding carboxylic acids is 1. The third-order valence-corrected chi connectivity index (χ3v) is 5.78. The number of nitrogens with zero attached hydrogens (tertiary/aromatic N) is 4. The number of ether oxygens (including phenoxy) is 3. The van der Waals surface area contributed by atoms with Gasteiger partial charge in [0, 0.05) is 44.0 Å². The number of benzene rings is 2. The molecule has 4 rings (SSSR count). The zero-order valence-corrected chi connectivity index (χ0v) is 22.0. The molecular weight excluding hydrogens is 500 g/mol. The van der Waals surface area contributed by atoms with Crippen molar-refractivity contribution in [3.8, 4) is 0 Å². The van der Waals surface area contributed by atoms with Crippen molar-refractivity contribution in [2.24, 2.45) is 5.73 Å². The number of amides is 1. The van der Waals surface area contributed by atoms with Crippen molar-refractivity contribution in [1.82, 2.24) is 20.3 Å². The van der Waals surface area contributed by atoms with Crippen molar-refractivity contribution in [3.63, 3.8) is 0 Å². The molecule has 0 unspecified atom stereocenters. The Bertz CT molecular complexity index is 1140. The number of morpholine rings is 1. The fraction of sp³-hybridized carbons (Fsp3) is 0.407. The van der Waals surface area contributed by atoms with Crippen LogP contribution in [0.5, 0.6) is 0 Å². The minimum absolute atomic E-state index is 0.174. The Hall–Kier alpha value is -3.84. The van der Waals surface area contributed by atoms with Crippen LogP contribution in [0.4, 0.5) is 23.5 Å². The Morgan fingerprint density at radius 3 is 2.36 bits per heavy atom. The first-order chi connectivity index (χ1) is 19.2.